The number of benzene rings is 2. The van der Waals surface area contributed by atoms with Gasteiger partial charge in [0.2, 0.25) is 10.0 Å². The summed E-state index contributed by atoms with van der Waals surface area (Å²) in [6.07, 6.45) is 0. The number of hydrogen-bond donors (Lipinski definition) is 1. The molecule has 2 aromatic carbocycles. The highest BCUT2D eigenvalue weighted by molar-refractivity contribution is 7.89. The molecule has 0 radical (unpaired) electrons. The van der Waals surface area contributed by atoms with Crippen molar-refractivity contribution in [1.82, 2.24) is 4.72 Å². The maximum absolute atomic E-state index is 13.6. The summed E-state index contributed by atoms with van der Waals surface area (Å²) in [4.78, 5) is -0.104. The first kappa shape index (κ1) is 16.5. The third kappa shape index (κ3) is 4.08. The number of nitrogens with one attached hydrogen (secondary N) is 1. The van der Waals surface area contributed by atoms with Crippen LogP contribution in [0.4, 0.5) is 4.39 Å². The third-order valence-corrected chi connectivity index (χ3v) is 4.82. The maximum atomic E-state index is 13.6. The Morgan fingerprint density at radius 3 is 2.24 bits per heavy atom. The summed E-state index contributed by atoms with van der Waals surface area (Å²) in [6, 6.07) is 8.02. The summed E-state index contributed by atoms with van der Waals surface area (Å²) in [7, 11) is -3.88. The number of hydrogen-bond acceptors (Lipinski definition) is 2. The van der Waals surface area contributed by atoms with Crippen molar-refractivity contribution in [1.29, 1.82) is 0 Å². The van der Waals surface area contributed by atoms with E-state index in [2.05, 4.69) is 4.72 Å². The molecule has 112 valence electrons. The molecule has 0 aromatic heterocycles. The van der Waals surface area contributed by atoms with E-state index in [1.807, 2.05) is 0 Å². The Hall–Kier alpha value is -0.850. The Kier molecular flexibility index (Phi) is 5.11. The minimum Gasteiger partial charge on any atom is -0.207 e. The second kappa shape index (κ2) is 6.50. The molecule has 0 saturated carbocycles. The molecule has 21 heavy (non-hydrogen) atoms. The van der Waals surface area contributed by atoms with Crippen LogP contribution >= 0.6 is 34.8 Å². The molecule has 0 unspecified atom stereocenters. The van der Waals surface area contributed by atoms with Crippen molar-refractivity contribution < 1.29 is 12.8 Å². The standard InChI is InChI=1S/C13H9Cl3FNO2S/c14-8-4-9(15)6-10(5-8)21(19,20)18-7-11-12(16)2-1-3-13(11)17/h1-6,18H,7H2. The molecule has 3 nitrogen and oxygen atoms in total. The van der Waals surface area contributed by atoms with Gasteiger partial charge in [0, 0.05) is 27.2 Å². The van der Waals surface area contributed by atoms with Gasteiger partial charge < -0.3 is 0 Å². The summed E-state index contributed by atoms with van der Waals surface area (Å²) >= 11 is 17.4. The lowest BCUT2D eigenvalue weighted by atomic mass is 10.2. The Labute approximate surface area is 136 Å². The normalized spacial score (nSPS) is 11.6. The molecule has 2 rings (SSSR count). The van der Waals surface area contributed by atoms with Crippen molar-refractivity contribution in [2.75, 3.05) is 0 Å². The van der Waals surface area contributed by atoms with E-state index < -0.39 is 15.8 Å². The highest BCUT2D eigenvalue weighted by Crippen LogP contribution is 2.23. The molecule has 0 fully saturated rings. The van der Waals surface area contributed by atoms with Crippen molar-refractivity contribution in [2.24, 2.45) is 0 Å². The van der Waals surface area contributed by atoms with Gasteiger partial charge in [-0.3, -0.25) is 0 Å². The first-order chi connectivity index (χ1) is 9.79. The average Bonchev–Trinajstić information content (AvgIpc) is 2.37. The first-order valence-corrected chi connectivity index (χ1v) is 8.30. The lowest BCUT2D eigenvalue weighted by molar-refractivity contribution is 0.574. The monoisotopic (exact) mass is 367 g/mol. The SMILES string of the molecule is O=S(=O)(NCc1c(F)cccc1Cl)c1cc(Cl)cc(Cl)c1. The molecule has 0 aliphatic carbocycles. The molecule has 2 aromatic rings. The molecule has 0 atom stereocenters. The van der Waals surface area contributed by atoms with Crippen LogP contribution in [-0.2, 0) is 16.6 Å². The quantitative estimate of drug-likeness (QED) is 0.876. The van der Waals surface area contributed by atoms with E-state index in [0.717, 1.165) is 0 Å². The van der Waals surface area contributed by atoms with E-state index in [1.165, 1.54) is 36.4 Å². The van der Waals surface area contributed by atoms with E-state index in [4.69, 9.17) is 34.8 Å². The van der Waals surface area contributed by atoms with Gasteiger partial charge >= 0.3 is 0 Å². The minimum absolute atomic E-state index is 0.0656. The summed E-state index contributed by atoms with van der Waals surface area (Å²) in [5.41, 5.74) is 0.0656. The van der Waals surface area contributed by atoms with Crippen molar-refractivity contribution in [3.8, 4) is 0 Å². The molecule has 1 N–H and O–H groups in total. The molecule has 0 aliphatic rings. The Balaban J connectivity index is 2.26. The summed E-state index contributed by atoms with van der Waals surface area (Å²) in [5, 5.41) is 0.514. The summed E-state index contributed by atoms with van der Waals surface area (Å²) in [5.74, 6) is -0.589. The average molecular weight is 369 g/mol. The molecular weight excluding hydrogens is 360 g/mol. The minimum atomic E-state index is -3.88. The van der Waals surface area contributed by atoms with Crippen LogP contribution in [0.15, 0.2) is 41.3 Å². The van der Waals surface area contributed by atoms with Gasteiger partial charge in [0.15, 0.2) is 0 Å². The predicted octanol–water partition coefficient (Wildman–Crippen LogP) is 4.26. The van der Waals surface area contributed by atoms with Gasteiger partial charge in [-0.2, -0.15) is 0 Å². The maximum Gasteiger partial charge on any atom is 0.240 e. The molecule has 0 amide bonds. The largest absolute Gasteiger partial charge is 0.240 e. The fourth-order valence-electron chi connectivity index (χ4n) is 1.64. The molecule has 0 saturated heterocycles. The topological polar surface area (TPSA) is 46.2 Å². The molecular formula is C13H9Cl3FNO2S. The Bertz CT molecular complexity index is 740. The lowest BCUT2D eigenvalue weighted by Crippen LogP contribution is -2.24. The van der Waals surface area contributed by atoms with Gasteiger partial charge in [-0.25, -0.2) is 17.5 Å². The molecule has 0 bridgehead atoms. The van der Waals surface area contributed by atoms with Crippen molar-refractivity contribution in [2.45, 2.75) is 11.4 Å². The second-order valence-electron chi connectivity index (χ2n) is 4.13. The third-order valence-electron chi connectivity index (χ3n) is 2.65. The Morgan fingerprint density at radius 2 is 1.67 bits per heavy atom. The number of halogens is 4. The highest BCUT2D eigenvalue weighted by Gasteiger charge is 2.17. The lowest BCUT2D eigenvalue weighted by Gasteiger charge is -2.09. The van der Waals surface area contributed by atoms with Crippen LogP contribution in [0.1, 0.15) is 5.56 Å². The summed E-state index contributed by atoms with van der Waals surface area (Å²) in [6.45, 7) is -0.280. The Morgan fingerprint density at radius 1 is 1.05 bits per heavy atom. The zero-order valence-corrected chi connectivity index (χ0v) is 13.5. The van der Waals surface area contributed by atoms with Crippen LogP contribution < -0.4 is 4.72 Å². The number of sulfonamides is 1. The first-order valence-electron chi connectivity index (χ1n) is 5.68. The smallest absolute Gasteiger partial charge is 0.207 e. The molecule has 0 aliphatic heterocycles. The van der Waals surface area contributed by atoms with Crippen LogP contribution in [0, 0.1) is 5.82 Å². The van der Waals surface area contributed by atoms with Gasteiger partial charge in [0.1, 0.15) is 5.82 Å². The fraction of sp³-hybridized carbons (Fsp3) is 0.0769. The van der Waals surface area contributed by atoms with Crippen LogP contribution in [0.3, 0.4) is 0 Å². The van der Waals surface area contributed by atoms with Crippen LogP contribution in [0.5, 0.6) is 0 Å². The molecule has 0 heterocycles. The van der Waals surface area contributed by atoms with Crippen LogP contribution in [0.25, 0.3) is 0 Å². The zero-order chi connectivity index (χ0) is 15.6. The van der Waals surface area contributed by atoms with E-state index in [9.17, 15) is 12.8 Å². The van der Waals surface area contributed by atoms with Crippen molar-refractivity contribution in [3.05, 3.63) is 62.8 Å². The molecule has 8 heteroatoms. The van der Waals surface area contributed by atoms with E-state index >= 15 is 0 Å². The fourth-order valence-corrected chi connectivity index (χ4v) is 3.59. The highest BCUT2D eigenvalue weighted by atomic mass is 35.5. The van der Waals surface area contributed by atoms with E-state index in [0.29, 0.717) is 0 Å². The van der Waals surface area contributed by atoms with Gasteiger partial charge in [0.05, 0.1) is 4.90 Å². The molecule has 0 spiro atoms. The zero-order valence-electron chi connectivity index (χ0n) is 10.4. The summed E-state index contributed by atoms with van der Waals surface area (Å²) < 4.78 is 40.1. The van der Waals surface area contributed by atoms with Crippen LogP contribution in [-0.4, -0.2) is 8.42 Å². The predicted molar refractivity (Wildman–Crippen MR) is 81.9 cm³/mol. The van der Waals surface area contributed by atoms with E-state index in [1.54, 1.807) is 0 Å². The number of rotatable bonds is 4. The van der Waals surface area contributed by atoms with Gasteiger partial charge in [0.25, 0.3) is 0 Å². The van der Waals surface area contributed by atoms with Crippen molar-refractivity contribution >= 4 is 44.8 Å². The van der Waals surface area contributed by atoms with Gasteiger partial charge in [-0.15, -0.1) is 0 Å². The second-order valence-corrected chi connectivity index (χ2v) is 7.18. The van der Waals surface area contributed by atoms with E-state index in [-0.39, 0.29) is 32.1 Å². The van der Waals surface area contributed by atoms with Gasteiger partial charge in [-0.05, 0) is 30.3 Å². The van der Waals surface area contributed by atoms with Crippen LogP contribution in [0.2, 0.25) is 15.1 Å². The van der Waals surface area contributed by atoms with Gasteiger partial charge in [-0.1, -0.05) is 40.9 Å². The van der Waals surface area contributed by atoms with Crippen molar-refractivity contribution in [3.63, 3.8) is 0 Å².